The van der Waals surface area contributed by atoms with Crippen LogP contribution >= 0.6 is 0 Å². The second-order valence-electron chi connectivity index (χ2n) is 5.06. The third-order valence-electron chi connectivity index (χ3n) is 3.22. The number of aliphatic hydroxyl groups excluding tert-OH is 1. The van der Waals surface area contributed by atoms with E-state index in [1.165, 1.54) is 18.2 Å². The molecule has 0 saturated carbocycles. The highest BCUT2D eigenvalue weighted by molar-refractivity contribution is 5.95. The van der Waals surface area contributed by atoms with Crippen LogP contribution in [0.2, 0.25) is 0 Å². The molecule has 0 aliphatic carbocycles. The molecule has 0 fully saturated rings. The topological polar surface area (TPSA) is 69.6 Å². The smallest absolute Gasteiger partial charge is 0.251 e. The fourth-order valence-electron chi connectivity index (χ4n) is 2.15. The maximum atomic E-state index is 13.3. The first-order valence-electron chi connectivity index (χ1n) is 6.68. The summed E-state index contributed by atoms with van der Waals surface area (Å²) in [4.78, 5) is 12.1. The quantitative estimate of drug-likeness (QED) is 0.757. The number of carbonyl (C=O) groups is 1. The third-order valence-corrected chi connectivity index (χ3v) is 3.22. The van der Waals surface area contributed by atoms with Crippen LogP contribution in [0.1, 0.15) is 27.5 Å². The molecule has 0 saturated heterocycles. The van der Waals surface area contributed by atoms with E-state index in [4.69, 9.17) is 0 Å². The summed E-state index contributed by atoms with van der Waals surface area (Å²) in [7, 11) is 0. The molecule has 2 aromatic rings. The summed E-state index contributed by atoms with van der Waals surface area (Å²) >= 11 is 0. The second kappa shape index (κ2) is 6.70. The average molecular weight is 325 g/mol. The van der Waals surface area contributed by atoms with Crippen LogP contribution in [-0.4, -0.2) is 22.7 Å². The number of hydrogen-bond donors (Lipinski definition) is 3. The van der Waals surface area contributed by atoms with Gasteiger partial charge in [0.25, 0.3) is 5.91 Å². The lowest BCUT2D eigenvalue weighted by atomic mass is 10.1. The van der Waals surface area contributed by atoms with Gasteiger partial charge in [0, 0.05) is 5.56 Å². The number of phenols is 1. The number of carbonyl (C=O) groups excluding carboxylic acids is 1. The Kier molecular flexibility index (Phi) is 4.90. The molecule has 0 heterocycles. The van der Waals surface area contributed by atoms with E-state index in [2.05, 4.69) is 5.32 Å². The van der Waals surface area contributed by atoms with Crippen LogP contribution in [0, 0.1) is 24.4 Å². The van der Waals surface area contributed by atoms with Gasteiger partial charge in [0.2, 0.25) is 0 Å². The lowest BCUT2D eigenvalue weighted by Crippen LogP contribution is -2.31. The van der Waals surface area contributed by atoms with Crippen molar-refractivity contribution in [1.82, 2.24) is 5.32 Å². The minimum Gasteiger partial charge on any atom is -0.508 e. The number of aryl methyl sites for hydroxylation is 1. The Morgan fingerprint density at radius 2 is 1.74 bits per heavy atom. The van der Waals surface area contributed by atoms with Crippen LogP contribution in [0.15, 0.2) is 30.3 Å². The summed E-state index contributed by atoms with van der Waals surface area (Å²) in [5.41, 5.74) is 0.632. The zero-order valence-corrected chi connectivity index (χ0v) is 12.1. The Bertz CT molecular complexity index is 706. The van der Waals surface area contributed by atoms with Crippen LogP contribution in [0.4, 0.5) is 13.2 Å². The van der Waals surface area contributed by atoms with Gasteiger partial charge in [-0.05, 0) is 48.4 Å². The van der Waals surface area contributed by atoms with Crippen molar-refractivity contribution < 1.29 is 28.2 Å². The van der Waals surface area contributed by atoms with Gasteiger partial charge < -0.3 is 15.5 Å². The Balaban J connectivity index is 2.27. The number of phenolic OH excluding ortho intramolecular Hbond substituents is 1. The molecule has 23 heavy (non-hydrogen) atoms. The van der Waals surface area contributed by atoms with Crippen molar-refractivity contribution in [3.63, 3.8) is 0 Å². The normalized spacial score (nSPS) is 12.0. The predicted octanol–water partition coefficient (Wildman–Crippen LogP) is 2.58. The van der Waals surface area contributed by atoms with Crippen molar-refractivity contribution >= 4 is 5.91 Å². The van der Waals surface area contributed by atoms with Gasteiger partial charge in [-0.2, -0.15) is 0 Å². The van der Waals surface area contributed by atoms with Gasteiger partial charge in [-0.15, -0.1) is 0 Å². The molecule has 0 spiro atoms. The zero-order valence-electron chi connectivity index (χ0n) is 12.1. The first-order valence-corrected chi connectivity index (χ1v) is 6.68. The summed E-state index contributed by atoms with van der Waals surface area (Å²) < 4.78 is 39.5. The van der Waals surface area contributed by atoms with Gasteiger partial charge in [0.05, 0.1) is 12.6 Å². The Labute approximate surface area is 130 Å². The molecule has 122 valence electrons. The largest absolute Gasteiger partial charge is 0.508 e. The Morgan fingerprint density at radius 3 is 2.26 bits per heavy atom. The molecule has 7 heteroatoms. The first-order chi connectivity index (χ1) is 10.8. The minimum atomic E-state index is -1.62. The summed E-state index contributed by atoms with van der Waals surface area (Å²) in [6.45, 7) is 1.03. The molecule has 3 N–H and O–H groups in total. The van der Waals surface area contributed by atoms with Gasteiger partial charge >= 0.3 is 0 Å². The molecule has 1 unspecified atom stereocenters. The van der Waals surface area contributed by atoms with Crippen LogP contribution in [0.25, 0.3) is 0 Å². The molecule has 2 rings (SSSR count). The minimum absolute atomic E-state index is 0.115. The average Bonchev–Trinajstić information content (AvgIpc) is 2.48. The molecule has 1 amide bonds. The number of aromatic hydroxyl groups is 1. The molecule has 0 bridgehead atoms. The monoisotopic (exact) mass is 325 g/mol. The van der Waals surface area contributed by atoms with Crippen LogP contribution in [0.3, 0.4) is 0 Å². The number of benzene rings is 2. The Hall–Kier alpha value is -2.54. The van der Waals surface area contributed by atoms with E-state index >= 15 is 0 Å². The molecule has 1 atom stereocenters. The van der Waals surface area contributed by atoms with E-state index in [0.717, 1.165) is 0 Å². The van der Waals surface area contributed by atoms with E-state index in [-0.39, 0.29) is 16.9 Å². The summed E-state index contributed by atoms with van der Waals surface area (Å²) in [6, 6.07) is 4.43. The van der Waals surface area contributed by atoms with E-state index in [1.807, 2.05) is 0 Å². The number of rotatable bonds is 4. The summed E-state index contributed by atoms with van der Waals surface area (Å²) in [6.07, 6.45) is 0. The lowest BCUT2D eigenvalue weighted by molar-refractivity contribution is 0.0915. The van der Waals surface area contributed by atoms with Crippen LogP contribution in [0.5, 0.6) is 5.75 Å². The maximum Gasteiger partial charge on any atom is 0.251 e. The molecule has 0 radical (unpaired) electrons. The van der Waals surface area contributed by atoms with Crippen molar-refractivity contribution in [1.29, 1.82) is 0 Å². The number of halogens is 3. The molecular weight excluding hydrogens is 311 g/mol. The lowest BCUT2D eigenvalue weighted by Gasteiger charge is -2.17. The standard InChI is InChI=1S/C16H14F3NO3/c1-8-2-10(4-11(22)3-8)16(23)20-14(7-21)9-5-12(17)15(19)13(18)6-9/h2-6,14,21-22H,7H2,1H3,(H,20,23). The van der Waals surface area contributed by atoms with Crippen molar-refractivity contribution in [2.24, 2.45) is 0 Å². The zero-order chi connectivity index (χ0) is 17.1. The van der Waals surface area contributed by atoms with Gasteiger partial charge in [0.1, 0.15) is 5.75 Å². The highest BCUT2D eigenvalue weighted by atomic mass is 19.2. The highest BCUT2D eigenvalue weighted by Gasteiger charge is 2.19. The van der Waals surface area contributed by atoms with Crippen molar-refractivity contribution in [3.05, 3.63) is 64.5 Å². The van der Waals surface area contributed by atoms with Crippen molar-refractivity contribution in [3.8, 4) is 5.75 Å². The van der Waals surface area contributed by atoms with Gasteiger partial charge in [-0.1, -0.05) is 0 Å². The van der Waals surface area contributed by atoms with Crippen molar-refractivity contribution in [2.45, 2.75) is 13.0 Å². The first kappa shape index (κ1) is 16.8. The number of hydrogen-bond acceptors (Lipinski definition) is 3. The van der Waals surface area contributed by atoms with Gasteiger partial charge in [-0.25, -0.2) is 13.2 Å². The van der Waals surface area contributed by atoms with E-state index in [0.29, 0.717) is 17.7 Å². The van der Waals surface area contributed by atoms with Gasteiger partial charge in [-0.3, -0.25) is 4.79 Å². The van der Waals surface area contributed by atoms with E-state index < -0.39 is 36.0 Å². The molecule has 2 aromatic carbocycles. The van der Waals surface area contributed by atoms with E-state index in [9.17, 15) is 28.2 Å². The third kappa shape index (κ3) is 3.81. The number of nitrogens with one attached hydrogen (secondary N) is 1. The molecule has 0 aromatic heterocycles. The highest BCUT2D eigenvalue weighted by Crippen LogP contribution is 2.21. The second-order valence-corrected chi connectivity index (χ2v) is 5.06. The number of aliphatic hydroxyl groups is 1. The summed E-state index contributed by atoms with van der Waals surface area (Å²) in [5, 5.41) is 21.2. The fourth-order valence-corrected chi connectivity index (χ4v) is 2.15. The van der Waals surface area contributed by atoms with Crippen LogP contribution < -0.4 is 5.32 Å². The molecular formula is C16H14F3NO3. The van der Waals surface area contributed by atoms with Crippen LogP contribution in [-0.2, 0) is 0 Å². The van der Waals surface area contributed by atoms with E-state index in [1.54, 1.807) is 6.92 Å². The maximum absolute atomic E-state index is 13.3. The predicted molar refractivity (Wildman–Crippen MR) is 76.5 cm³/mol. The van der Waals surface area contributed by atoms with Crippen molar-refractivity contribution in [2.75, 3.05) is 6.61 Å². The molecule has 0 aliphatic rings. The number of amides is 1. The summed E-state index contributed by atoms with van der Waals surface area (Å²) in [5.74, 6) is -5.23. The molecule has 4 nitrogen and oxygen atoms in total. The fraction of sp³-hybridized carbons (Fsp3) is 0.188. The van der Waals surface area contributed by atoms with Gasteiger partial charge in [0.15, 0.2) is 17.5 Å². The Morgan fingerprint density at radius 1 is 1.13 bits per heavy atom. The SMILES string of the molecule is Cc1cc(O)cc(C(=O)NC(CO)c2cc(F)c(F)c(F)c2)c1. The molecule has 0 aliphatic heterocycles.